The Hall–Kier alpha value is -5.08. The second-order valence-corrected chi connectivity index (χ2v) is 16.1. The van der Waals surface area contributed by atoms with E-state index in [9.17, 15) is 9.59 Å². The zero-order valence-electron chi connectivity index (χ0n) is 38.1. The number of hydrogen-bond acceptors (Lipinski definition) is 12. The average Bonchev–Trinajstić information content (AvgIpc) is 3.30. The van der Waals surface area contributed by atoms with Gasteiger partial charge in [0, 0.05) is 87.5 Å². The molecule has 0 spiro atoms. The van der Waals surface area contributed by atoms with Crippen molar-refractivity contribution >= 4 is 35.3 Å². The molecule has 0 unspecified atom stereocenters. The molecule has 2 heterocycles. The van der Waals surface area contributed by atoms with Crippen LogP contribution in [-0.2, 0) is 25.7 Å². The fraction of sp³-hybridized carbons (Fsp3) is 0.583. The molecule has 1 aromatic carbocycles. The van der Waals surface area contributed by atoms with Crippen LogP contribution in [0, 0.1) is 0 Å². The minimum Gasteiger partial charge on any atom is -0.368 e. The molecule has 14 nitrogen and oxygen atoms in total. The first kappa shape index (κ1) is 48.0. The van der Waals surface area contributed by atoms with Gasteiger partial charge in [-0.3, -0.25) is 9.59 Å². The summed E-state index contributed by atoms with van der Waals surface area (Å²) in [4.78, 5) is 49.6. The van der Waals surface area contributed by atoms with Gasteiger partial charge in [-0.15, -0.1) is 0 Å². The summed E-state index contributed by atoms with van der Waals surface area (Å²) in [5.74, 6) is 3.04. The number of fused-ring (bicyclic) bond motifs is 2. The molecule has 0 atom stereocenters. The number of unbranched alkanes of at least 4 members (excludes halogenated alkanes) is 6. The molecule has 3 aromatic rings. The number of rotatable bonds is 30. The molecular formula is C48H74N12O2. The first-order valence-corrected chi connectivity index (χ1v) is 23.6. The normalized spacial score (nSPS) is 12.9. The fourth-order valence-corrected chi connectivity index (χ4v) is 7.80. The first-order valence-electron chi connectivity index (χ1n) is 23.6. The van der Waals surface area contributed by atoms with Crippen molar-refractivity contribution in [3.05, 3.63) is 82.2 Å². The molecule has 0 fully saturated rings. The number of anilines is 4. The third-order valence-corrected chi connectivity index (χ3v) is 11.8. The number of nitrogens with zero attached hydrogens (tertiary/aromatic N) is 6. The Balaban J connectivity index is 0.898. The highest BCUT2D eigenvalue weighted by Crippen LogP contribution is 2.25. The molecule has 0 saturated heterocycles. The van der Waals surface area contributed by atoms with Gasteiger partial charge < -0.3 is 41.7 Å². The lowest BCUT2D eigenvalue weighted by Crippen LogP contribution is -2.29. The van der Waals surface area contributed by atoms with Crippen molar-refractivity contribution in [3.63, 3.8) is 0 Å². The lowest BCUT2D eigenvalue weighted by atomic mass is 10.0. The maximum atomic E-state index is 12.8. The summed E-state index contributed by atoms with van der Waals surface area (Å²) in [6.45, 7) is 19.5. The average molecular weight is 851 g/mol. The zero-order valence-corrected chi connectivity index (χ0v) is 38.1. The molecule has 2 aliphatic carbocycles. The SMILES string of the molecule is CCN(CC)CCNc1nc(NCCCCCCNC(=O)c2ccc(C(=O)NCCCCCCNc3nc4c(c(NCCN(CC)CC)n3)CC=CC4)cc2)nc2c1CC=CC2. The number of carbonyl (C=O) groups excluding carboxylic acids is 2. The minimum absolute atomic E-state index is 0.118. The van der Waals surface area contributed by atoms with Crippen molar-refractivity contribution in [1.29, 1.82) is 0 Å². The number of likely N-dealkylation sites (N-methyl/N-ethyl adjacent to an activating group) is 2. The lowest BCUT2D eigenvalue weighted by molar-refractivity contribution is 0.0941. The van der Waals surface area contributed by atoms with Gasteiger partial charge in [0.25, 0.3) is 11.8 Å². The van der Waals surface area contributed by atoms with Crippen molar-refractivity contribution < 1.29 is 9.59 Å². The summed E-state index contributed by atoms with van der Waals surface area (Å²) >= 11 is 0. The van der Waals surface area contributed by atoms with Crippen LogP contribution in [0.4, 0.5) is 23.5 Å². The van der Waals surface area contributed by atoms with Crippen LogP contribution in [0.2, 0.25) is 0 Å². The van der Waals surface area contributed by atoms with E-state index >= 15 is 0 Å². The number of carbonyl (C=O) groups is 2. The second-order valence-electron chi connectivity index (χ2n) is 16.1. The van der Waals surface area contributed by atoms with Crippen molar-refractivity contribution in [1.82, 2.24) is 40.4 Å². The van der Waals surface area contributed by atoms with E-state index in [1.54, 1.807) is 24.3 Å². The van der Waals surface area contributed by atoms with E-state index in [4.69, 9.17) is 19.9 Å². The summed E-state index contributed by atoms with van der Waals surface area (Å²) in [5, 5.41) is 20.1. The van der Waals surface area contributed by atoms with E-state index < -0.39 is 0 Å². The summed E-state index contributed by atoms with van der Waals surface area (Å²) in [6, 6.07) is 6.90. The number of nitrogens with one attached hydrogen (secondary N) is 6. The Morgan fingerprint density at radius 1 is 0.468 bits per heavy atom. The molecule has 2 aromatic heterocycles. The Morgan fingerprint density at radius 2 is 0.839 bits per heavy atom. The molecule has 2 amide bonds. The minimum atomic E-state index is -0.118. The van der Waals surface area contributed by atoms with Crippen molar-refractivity contribution in [3.8, 4) is 0 Å². The van der Waals surface area contributed by atoms with E-state index in [1.807, 2.05) is 0 Å². The summed E-state index contributed by atoms with van der Waals surface area (Å²) in [6.07, 6.45) is 20.1. The van der Waals surface area contributed by atoms with Gasteiger partial charge >= 0.3 is 0 Å². The molecule has 338 valence electrons. The smallest absolute Gasteiger partial charge is 0.251 e. The molecular weight excluding hydrogens is 777 g/mol. The number of amides is 2. The van der Waals surface area contributed by atoms with E-state index in [2.05, 4.69) is 93.7 Å². The number of benzene rings is 1. The van der Waals surface area contributed by atoms with Gasteiger partial charge in [-0.2, -0.15) is 9.97 Å². The predicted octanol–water partition coefficient (Wildman–Crippen LogP) is 6.89. The van der Waals surface area contributed by atoms with Crippen LogP contribution in [0.5, 0.6) is 0 Å². The largest absolute Gasteiger partial charge is 0.368 e. The third-order valence-electron chi connectivity index (χ3n) is 11.8. The quantitative estimate of drug-likeness (QED) is 0.0305. The second kappa shape index (κ2) is 27.1. The highest BCUT2D eigenvalue weighted by molar-refractivity contribution is 5.97. The van der Waals surface area contributed by atoms with E-state index in [-0.39, 0.29) is 11.8 Å². The van der Waals surface area contributed by atoms with E-state index in [1.165, 1.54) is 11.1 Å². The van der Waals surface area contributed by atoms with Gasteiger partial charge in [0.15, 0.2) is 0 Å². The van der Waals surface area contributed by atoms with E-state index in [0.29, 0.717) is 36.1 Å². The van der Waals surface area contributed by atoms with Crippen LogP contribution in [0.3, 0.4) is 0 Å². The molecule has 5 rings (SSSR count). The Bertz CT molecular complexity index is 1740. The molecule has 6 N–H and O–H groups in total. The van der Waals surface area contributed by atoms with Gasteiger partial charge in [-0.1, -0.05) is 77.7 Å². The highest BCUT2D eigenvalue weighted by atomic mass is 16.2. The molecule has 0 aliphatic heterocycles. The van der Waals surface area contributed by atoms with Crippen LogP contribution < -0.4 is 31.9 Å². The van der Waals surface area contributed by atoms with Crippen LogP contribution in [0.25, 0.3) is 0 Å². The van der Waals surface area contributed by atoms with E-state index in [0.717, 1.165) is 166 Å². The van der Waals surface area contributed by atoms with Gasteiger partial charge in [-0.25, -0.2) is 9.97 Å². The summed E-state index contributed by atoms with van der Waals surface area (Å²) in [7, 11) is 0. The number of hydrogen-bond donors (Lipinski definition) is 6. The molecule has 2 aliphatic rings. The standard InChI is InChI=1S/C48H74N12O2/c1-5-59(6-2)35-33-49-43-39-21-13-15-23-41(39)55-47(57-43)53-31-19-11-9-17-29-51-45(61)37-25-27-38(28-26-37)46(62)52-30-18-10-12-20-32-54-48-56-42-24-16-14-22-40(42)44(58-48)50-34-36-60(7-3)8-4/h13-16,25-28H,5-12,17-24,29-36H2,1-4H3,(H,51,61)(H,52,62)(H2,49,53,55,57)(H2,50,54,56,58). The zero-order chi connectivity index (χ0) is 43.8. The predicted molar refractivity (Wildman–Crippen MR) is 255 cm³/mol. The number of aromatic nitrogens is 4. The van der Waals surface area contributed by atoms with Gasteiger partial charge in [0.05, 0.1) is 11.4 Å². The molecule has 0 radical (unpaired) electrons. The van der Waals surface area contributed by atoms with Gasteiger partial charge in [0.2, 0.25) is 11.9 Å². The molecule has 14 heteroatoms. The maximum absolute atomic E-state index is 12.8. The van der Waals surface area contributed by atoms with Crippen molar-refractivity contribution in [2.45, 2.75) is 105 Å². The molecule has 62 heavy (non-hydrogen) atoms. The Kier molecular flexibility index (Phi) is 20.9. The van der Waals surface area contributed by atoms with Gasteiger partial charge in [0.1, 0.15) is 11.6 Å². The topological polar surface area (TPSA) is 164 Å². The molecule has 0 bridgehead atoms. The third kappa shape index (κ3) is 15.7. The van der Waals surface area contributed by atoms with Crippen LogP contribution in [0.15, 0.2) is 48.6 Å². The highest BCUT2D eigenvalue weighted by Gasteiger charge is 2.17. The maximum Gasteiger partial charge on any atom is 0.251 e. The Labute approximate surface area is 371 Å². The lowest BCUT2D eigenvalue weighted by Gasteiger charge is -2.21. The summed E-state index contributed by atoms with van der Waals surface area (Å²) < 4.78 is 0. The number of allylic oxidation sites excluding steroid dienone is 4. The van der Waals surface area contributed by atoms with Crippen molar-refractivity contribution in [2.75, 3.05) is 99.8 Å². The fourth-order valence-electron chi connectivity index (χ4n) is 7.80. The van der Waals surface area contributed by atoms with Crippen LogP contribution in [-0.4, -0.2) is 120 Å². The van der Waals surface area contributed by atoms with Crippen molar-refractivity contribution in [2.24, 2.45) is 0 Å². The summed E-state index contributed by atoms with van der Waals surface area (Å²) in [5.41, 5.74) is 5.73. The van der Waals surface area contributed by atoms with Crippen LogP contribution in [0.1, 0.15) is 122 Å². The Morgan fingerprint density at radius 3 is 1.23 bits per heavy atom. The van der Waals surface area contributed by atoms with Gasteiger partial charge in [-0.05, 0) is 89.0 Å². The monoisotopic (exact) mass is 851 g/mol. The van der Waals surface area contributed by atoms with Crippen LogP contribution >= 0.6 is 0 Å². The first-order chi connectivity index (χ1) is 30.4. The molecule has 0 saturated carbocycles.